The van der Waals surface area contributed by atoms with Gasteiger partial charge in [0.15, 0.2) is 0 Å². The Morgan fingerprint density at radius 1 is 1.38 bits per heavy atom. The Morgan fingerprint density at radius 3 is 2.79 bits per heavy atom. The molecule has 24 heavy (non-hydrogen) atoms. The third-order valence-electron chi connectivity index (χ3n) is 3.98. The minimum atomic E-state index is -0.894. The molecule has 2 heterocycles. The number of hydrogen-bond acceptors (Lipinski definition) is 4. The van der Waals surface area contributed by atoms with Crippen molar-refractivity contribution in [3.63, 3.8) is 0 Å². The predicted octanol–water partition coefficient (Wildman–Crippen LogP) is 1.51. The van der Waals surface area contributed by atoms with Crippen molar-refractivity contribution in [2.24, 2.45) is 5.92 Å². The SMILES string of the molecule is Cl.O=C(O)C1CCN(C(=O)Cn2cnc3ccc(Br)cc3c2=O)C1. The van der Waals surface area contributed by atoms with Gasteiger partial charge >= 0.3 is 5.97 Å². The van der Waals surface area contributed by atoms with Crippen molar-refractivity contribution in [1.82, 2.24) is 14.5 Å². The van der Waals surface area contributed by atoms with E-state index in [2.05, 4.69) is 20.9 Å². The number of rotatable bonds is 3. The van der Waals surface area contributed by atoms with E-state index in [1.807, 2.05) is 0 Å². The summed E-state index contributed by atoms with van der Waals surface area (Å²) in [6, 6.07) is 5.19. The Morgan fingerprint density at radius 2 is 2.12 bits per heavy atom. The molecule has 0 radical (unpaired) electrons. The highest BCUT2D eigenvalue weighted by atomic mass is 79.9. The van der Waals surface area contributed by atoms with Crippen molar-refractivity contribution in [3.8, 4) is 0 Å². The Balaban J connectivity index is 0.00000208. The molecule has 0 saturated carbocycles. The van der Waals surface area contributed by atoms with Crippen LogP contribution >= 0.6 is 28.3 Å². The van der Waals surface area contributed by atoms with Gasteiger partial charge < -0.3 is 10.0 Å². The van der Waals surface area contributed by atoms with E-state index in [1.54, 1.807) is 18.2 Å². The predicted molar refractivity (Wildman–Crippen MR) is 93.3 cm³/mol. The van der Waals surface area contributed by atoms with Crippen LogP contribution < -0.4 is 5.56 Å². The maximum absolute atomic E-state index is 12.4. The molecular formula is C15H15BrClN3O4. The Labute approximate surface area is 151 Å². The van der Waals surface area contributed by atoms with Gasteiger partial charge in [-0.3, -0.25) is 19.0 Å². The van der Waals surface area contributed by atoms with E-state index >= 15 is 0 Å². The van der Waals surface area contributed by atoms with Gasteiger partial charge in [0.2, 0.25) is 5.91 Å². The van der Waals surface area contributed by atoms with Gasteiger partial charge in [-0.15, -0.1) is 12.4 Å². The Kier molecular flexibility index (Phi) is 5.61. The maximum Gasteiger partial charge on any atom is 0.308 e. The average molecular weight is 417 g/mol. The van der Waals surface area contributed by atoms with Crippen LogP contribution in [0.25, 0.3) is 10.9 Å². The molecule has 1 aromatic carbocycles. The normalized spacial score (nSPS) is 16.9. The van der Waals surface area contributed by atoms with Gasteiger partial charge in [0, 0.05) is 17.6 Å². The average Bonchev–Trinajstić information content (AvgIpc) is 3.01. The minimum Gasteiger partial charge on any atom is -0.481 e. The fraction of sp³-hybridized carbons (Fsp3) is 0.333. The summed E-state index contributed by atoms with van der Waals surface area (Å²) in [7, 11) is 0. The number of carbonyl (C=O) groups is 2. The van der Waals surface area contributed by atoms with Crippen molar-refractivity contribution in [1.29, 1.82) is 0 Å². The first-order chi connectivity index (χ1) is 11.0. The molecule has 1 N–H and O–H groups in total. The van der Waals surface area contributed by atoms with Gasteiger partial charge in [0.25, 0.3) is 5.56 Å². The molecule has 128 valence electrons. The summed E-state index contributed by atoms with van der Waals surface area (Å²) in [6.45, 7) is 0.452. The molecule has 1 amide bonds. The number of hydrogen-bond donors (Lipinski definition) is 1. The van der Waals surface area contributed by atoms with Crippen LogP contribution in [0.15, 0.2) is 33.8 Å². The van der Waals surface area contributed by atoms with Crippen molar-refractivity contribution < 1.29 is 14.7 Å². The molecule has 7 nitrogen and oxygen atoms in total. The first-order valence-electron chi connectivity index (χ1n) is 7.11. The van der Waals surface area contributed by atoms with Gasteiger partial charge in [-0.2, -0.15) is 0 Å². The molecule has 9 heteroatoms. The van der Waals surface area contributed by atoms with Crippen LogP contribution in [-0.4, -0.2) is 44.5 Å². The quantitative estimate of drug-likeness (QED) is 0.819. The van der Waals surface area contributed by atoms with Crippen molar-refractivity contribution in [3.05, 3.63) is 39.4 Å². The number of aliphatic carboxylic acids is 1. The number of benzene rings is 1. The third-order valence-corrected chi connectivity index (χ3v) is 4.48. The summed E-state index contributed by atoms with van der Waals surface area (Å²) in [5.41, 5.74) is 0.271. The molecule has 3 rings (SSSR count). The van der Waals surface area contributed by atoms with Gasteiger partial charge in [0.1, 0.15) is 6.54 Å². The van der Waals surface area contributed by atoms with Crippen LogP contribution in [-0.2, 0) is 16.1 Å². The van der Waals surface area contributed by atoms with E-state index in [-0.39, 0.29) is 37.0 Å². The molecule has 0 bridgehead atoms. The lowest BCUT2D eigenvalue weighted by Crippen LogP contribution is -2.35. The summed E-state index contributed by atoms with van der Waals surface area (Å²) >= 11 is 3.31. The molecule has 1 fully saturated rings. The van der Waals surface area contributed by atoms with Crippen LogP contribution in [0.1, 0.15) is 6.42 Å². The third kappa shape index (κ3) is 3.59. The smallest absolute Gasteiger partial charge is 0.308 e. The van der Waals surface area contributed by atoms with Crippen molar-refractivity contribution in [2.45, 2.75) is 13.0 Å². The van der Waals surface area contributed by atoms with E-state index < -0.39 is 11.9 Å². The fourth-order valence-electron chi connectivity index (χ4n) is 2.68. The summed E-state index contributed by atoms with van der Waals surface area (Å²) < 4.78 is 2.02. The highest BCUT2D eigenvalue weighted by Crippen LogP contribution is 2.17. The molecule has 0 aliphatic carbocycles. The van der Waals surface area contributed by atoms with Crippen LogP contribution in [0.4, 0.5) is 0 Å². The molecule has 1 saturated heterocycles. The molecule has 1 atom stereocenters. The highest BCUT2D eigenvalue weighted by Gasteiger charge is 2.30. The van der Waals surface area contributed by atoms with Gasteiger partial charge in [-0.05, 0) is 24.6 Å². The van der Waals surface area contributed by atoms with Gasteiger partial charge in [0.05, 0.1) is 23.1 Å². The summed E-state index contributed by atoms with van der Waals surface area (Å²) in [5, 5.41) is 9.41. The standard InChI is InChI=1S/C15H14BrN3O4.ClH/c16-10-1-2-12-11(5-10)14(21)19(8-17-12)7-13(20)18-4-3-9(6-18)15(22)23;/h1-2,5,8-9H,3-4,6-7H2,(H,22,23);1H. The lowest BCUT2D eigenvalue weighted by molar-refractivity contribution is -0.141. The summed E-state index contributed by atoms with van der Waals surface area (Å²) in [5.74, 6) is -1.69. The van der Waals surface area contributed by atoms with E-state index in [0.29, 0.717) is 23.9 Å². The minimum absolute atomic E-state index is 0. The largest absolute Gasteiger partial charge is 0.481 e. The number of likely N-dealkylation sites (tertiary alicyclic amines) is 1. The molecule has 0 spiro atoms. The van der Waals surface area contributed by atoms with Gasteiger partial charge in [-0.25, -0.2) is 4.98 Å². The second kappa shape index (κ2) is 7.31. The maximum atomic E-state index is 12.4. The molecule has 1 unspecified atom stereocenters. The number of amides is 1. The first-order valence-corrected chi connectivity index (χ1v) is 7.90. The van der Waals surface area contributed by atoms with Gasteiger partial charge in [-0.1, -0.05) is 15.9 Å². The van der Waals surface area contributed by atoms with Crippen LogP contribution in [0, 0.1) is 5.92 Å². The van der Waals surface area contributed by atoms with Crippen molar-refractivity contribution in [2.75, 3.05) is 13.1 Å². The van der Waals surface area contributed by atoms with Crippen LogP contribution in [0.5, 0.6) is 0 Å². The summed E-state index contributed by atoms with van der Waals surface area (Å²) in [4.78, 5) is 41.3. The number of aromatic nitrogens is 2. The zero-order chi connectivity index (χ0) is 16.6. The zero-order valence-corrected chi connectivity index (χ0v) is 14.9. The number of halogens is 2. The number of fused-ring (bicyclic) bond motifs is 1. The van der Waals surface area contributed by atoms with E-state index in [4.69, 9.17) is 5.11 Å². The van der Waals surface area contributed by atoms with E-state index in [1.165, 1.54) is 15.8 Å². The topological polar surface area (TPSA) is 92.5 Å². The molecule has 2 aromatic rings. The lowest BCUT2D eigenvalue weighted by atomic mass is 10.1. The molecule has 1 aliphatic heterocycles. The second-order valence-electron chi connectivity index (χ2n) is 5.50. The number of carbonyl (C=O) groups excluding carboxylic acids is 1. The van der Waals surface area contributed by atoms with Crippen LogP contribution in [0.2, 0.25) is 0 Å². The second-order valence-corrected chi connectivity index (χ2v) is 6.42. The fourth-order valence-corrected chi connectivity index (χ4v) is 3.04. The Bertz CT molecular complexity index is 854. The van der Waals surface area contributed by atoms with E-state index in [9.17, 15) is 14.4 Å². The zero-order valence-electron chi connectivity index (χ0n) is 12.5. The summed E-state index contributed by atoms with van der Waals surface area (Å²) in [6.07, 6.45) is 1.79. The number of nitrogens with zero attached hydrogens (tertiary/aromatic N) is 3. The first kappa shape index (κ1) is 18.4. The monoisotopic (exact) mass is 415 g/mol. The van der Waals surface area contributed by atoms with E-state index in [0.717, 1.165) is 4.47 Å². The van der Waals surface area contributed by atoms with Crippen molar-refractivity contribution >= 4 is 51.1 Å². The number of carboxylic acids is 1. The molecule has 1 aliphatic rings. The molecule has 1 aromatic heterocycles. The molecular weight excluding hydrogens is 402 g/mol. The Hall–Kier alpha value is -1.93. The number of carboxylic acid groups (broad SMARTS) is 1. The highest BCUT2D eigenvalue weighted by molar-refractivity contribution is 9.10. The lowest BCUT2D eigenvalue weighted by Gasteiger charge is -2.16. The van der Waals surface area contributed by atoms with Crippen LogP contribution in [0.3, 0.4) is 0 Å².